The van der Waals surface area contributed by atoms with Gasteiger partial charge in [-0.1, -0.05) is 30.9 Å². The van der Waals surface area contributed by atoms with Gasteiger partial charge in [0.1, 0.15) is 0 Å². The van der Waals surface area contributed by atoms with Gasteiger partial charge in [-0.05, 0) is 32.0 Å². The Morgan fingerprint density at radius 2 is 2.07 bits per heavy atom. The Morgan fingerprint density at radius 3 is 2.73 bits per heavy atom. The lowest BCUT2D eigenvalue weighted by atomic mass is 9.93. The normalized spacial score (nSPS) is 27.6. The standard InChI is InChI=1S/C12H18ClNS/c1-14-10-6-4-2-3-5-9(10)11-7-8-12(13)15-11/h7-10,14H,2-6H2,1H3. The van der Waals surface area contributed by atoms with Crippen molar-refractivity contribution in [2.75, 3.05) is 7.05 Å². The molecule has 1 saturated carbocycles. The lowest BCUT2D eigenvalue weighted by Gasteiger charge is -2.23. The first kappa shape index (κ1) is 11.4. The molecule has 1 nitrogen and oxygen atoms in total. The van der Waals surface area contributed by atoms with Crippen molar-refractivity contribution in [1.82, 2.24) is 5.32 Å². The lowest BCUT2D eigenvalue weighted by Crippen LogP contribution is -2.30. The average Bonchev–Trinajstić information content (AvgIpc) is 2.54. The topological polar surface area (TPSA) is 12.0 Å². The van der Waals surface area contributed by atoms with Gasteiger partial charge in [-0.3, -0.25) is 0 Å². The number of thiophene rings is 1. The molecule has 2 rings (SSSR count). The number of halogens is 1. The van der Waals surface area contributed by atoms with Crippen LogP contribution in [0.2, 0.25) is 4.34 Å². The minimum absolute atomic E-state index is 0.641. The highest BCUT2D eigenvalue weighted by molar-refractivity contribution is 7.16. The monoisotopic (exact) mass is 243 g/mol. The quantitative estimate of drug-likeness (QED) is 0.774. The van der Waals surface area contributed by atoms with E-state index in [9.17, 15) is 0 Å². The average molecular weight is 244 g/mol. The third-order valence-electron chi connectivity index (χ3n) is 3.35. The number of rotatable bonds is 2. The molecule has 0 amide bonds. The maximum absolute atomic E-state index is 6.01. The molecule has 0 radical (unpaired) electrons. The summed E-state index contributed by atoms with van der Waals surface area (Å²) in [6.45, 7) is 0. The third-order valence-corrected chi connectivity index (χ3v) is 4.71. The number of hydrogen-bond acceptors (Lipinski definition) is 2. The highest BCUT2D eigenvalue weighted by Crippen LogP contribution is 2.36. The SMILES string of the molecule is CNC1CCCCCC1c1ccc(Cl)s1. The van der Waals surface area contributed by atoms with Crippen LogP contribution in [-0.4, -0.2) is 13.1 Å². The molecule has 0 aromatic carbocycles. The summed E-state index contributed by atoms with van der Waals surface area (Å²) in [6, 6.07) is 4.87. The van der Waals surface area contributed by atoms with E-state index in [-0.39, 0.29) is 0 Å². The van der Waals surface area contributed by atoms with Crippen molar-refractivity contribution in [3.8, 4) is 0 Å². The Labute approximate surface area is 101 Å². The minimum Gasteiger partial charge on any atom is -0.316 e. The van der Waals surface area contributed by atoms with Crippen molar-refractivity contribution in [3.05, 3.63) is 21.3 Å². The molecule has 1 aliphatic rings. The van der Waals surface area contributed by atoms with Gasteiger partial charge in [0.25, 0.3) is 0 Å². The van der Waals surface area contributed by atoms with Crippen LogP contribution in [0.25, 0.3) is 0 Å². The molecule has 0 aliphatic heterocycles. The van der Waals surface area contributed by atoms with E-state index in [1.54, 1.807) is 11.3 Å². The van der Waals surface area contributed by atoms with Gasteiger partial charge in [-0.15, -0.1) is 11.3 Å². The molecule has 1 aromatic heterocycles. The second-order valence-electron chi connectivity index (χ2n) is 4.28. The molecule has 0 bridgehead atoms. The summed E-state index contributed by atoms with van der Waals surface area (Å²) in [4.78, 5) is 1.46. The number of likely N-dealkylation sites (N-methyl/N-ethyl adjacent to an activating group) is 1. The summed E-state index contributed by atoms with van der Waals surface area (Å²) < 4.78 is 0.920. The van der Waals surface area contributed by atoms with Crippen molar-refractivity contribution in [1.29, 1.82) is 0 Å². The zero-order valence-corrected chi connectivity index (χ0v) is 10.7. The summed E-state index contributed by atoms with van der Waals surface area (Å²) in [5.41, 5.74) is 0. The minimum atomic E-state index is 0.641. The fourth-order valence-electron chi connectivity index (χ4n) is 2.52. The highest BCUT2D eigenvalue weighted by Gasteiger charge is 2.24. The maximum atomic E-state index is 6.01. The van der Waals surface area contributed by atoms with E-state index in [1.165, 1.54) is 37.0 Å². The molecule has 1 fully saturated rings. The molecule has 3 heteroatoms. The van der Waals surface area contributed by atoms with Crippen LogP contribution < -0.4 is 5.32 Å². The zero-order chi connectivity index (χ0) is 10.7. The van der Waals surface area contributed by atoms with Crippen molar-refractivity contribution >= 4 is 22.9 Å². The Hall–Kier alpha value is -0.0500. The molecule has 0 spiro atoms. The summed E-state index contributed by atoms with van der Waals surface area (Å²) in [6.07, 6.45) is 6.71. The molecule has 1 aromatic rings. The van der Waals surface area contributed by atoms with Gasteiger partial charge in [-0.25, -0.2) is 0 Å². The first-order chi connectivity index (χ1) is 7.31. The molecule has 15 heavy (non-hydrogen) atoms. The van der Waals surface area contributed by atoms with Gasteiger partial charge in [0, 0.05) is 16.8 Å². The fourth-order valence-corrected chi connectivity index (χ4v) is 3.78. The Bertz CT molecular complexity index is 310. The van der Waals surface area contributed by atoms with Crippen molar-refractivity contribution in [2.45, 2.75) is 44.1 Å². The second kappa shape index (κ2) is 5.33. The van der Waals surface area contributed by atoms with Gasteiger partial charge in [0.05, 0.1) is 4.34 Å². The third kappa shape index (κ3) is 2.74. The molecular weight excluding hydrogens is 226 g/mol. The van der Waals surface area contributed by atoms with Crippen LogP contribution in [0.3, 0.4) is 0 Å². The molecule has 0 saturated heterocycles. The van der Waals surface area contributed by atoms with E-state index in [1.807, 2.05) is 6.07 Å². The summed E-state index contributed by atoms with van der Waals surface area (Å²) in [5, 5.41) is 3.47. The van der Waals surface area contributed by atoms with Crippen LogP contribution in [0, 0.1) is 0 Å². The van der Waals surface area contributed by atoms with E-state index < -0.39 is 0 Å². The van der Waals surface area contributed by atoms with E-state index in [2.05, 4.69) is 18.4 Å². The molecule has 84 valence electrons. The van der Waals surface area contributed by atoms with Crippen LogP contribution in [0.1, 0.15) is 42.9 Å². The largest absolute Gasteiger partial charge is 0.316 e. The molecule has 2 atom stereocenters. The second-order valence-corrected chi connectivity index (χ2v) is 6.03. The Balaban J connectivity index is 2.16. The van der Waals surface area contributed by atoms with Gasteiger partial charge in [0.15, 0.2) is 0 Å². The molecule has 1 N–H and O–H groups in total. The number of hydrogen-bond donors (Lipinski definition) is 1. The van der Waals surface area contributed by atoms with Crippen LogP contribution in [-0.2, 0) is 0 Å². The predicted octanol–water partition coefficient (Wildman–Crippen LogP) is 4.04. The van der Waals surface area contributed by atoms with E-state index in [0.717, 1.165) is 4.34 Å². The Kier molecular flexibility index (Phi) is 4.06. The molecule has 1 aliphatic carbocycles. The summed E-state index contributed by atoms with van der Waals surface area (Å²) in [7, 11) is 2.08. The highest BCUT2D eigenvalue weighted by atomic mass is 35.5. The summed E-state index contributed by atoms with van der Waals surface area (Å²) in [5.74, 6) is 0.676. The molecule has 2 unspecified atom stereocenters. The first-order valence-corrected chi connectivity index (χ1v) is 6.93. The van der Waals surface area contributed by atoms with E-state index in [0.29, 0.717) is 12.0 Å². The zero-order valence-electron chi connectivity index (χ0n) is 9.13. The molecular formula is C12H18ClNS. The van der Waals surface area contributed by atoms with Gasteiger partial charge < -0.3 is 5.32 Å². The maximum Gasteiger partial charge on any atom is 0.0931 e. The van der Waals surface area contributed by atoms with Gasteiger partial charge in [-0.2, -0.15) is 0 Å². The summed E-state index contributed by atoms with van der Waals surface area (Å²) >= 11 is 7.76. The van der Waals surface area contributed by atoms with E-state index >= 15 is 0 Å². The van der Waals surface area contributed by atoms with Gasteiger partial charge >= 0.3 is 0 Å². The van der Waals surface area contributed by atoms with Crippen LogP contribution in [0.5, 0.6) is 0 Å². The predicted molar refractivity (Wildman–Crippen MR) is 68.0 cm³/mol. The van der Waals surface area contributed by atoms with Gasteiger partial charge in [0.2, 0.25) is 0 Å². The van der Waals surface area contributed by atoms with E-state index in [4.69, 9.17) is 11.6 Å². The van der Waals surface area contributed by atoms with Crippen molar-refractivity contribution in [2.24, 2.45) is 0 Å². The van der Waals surface area contributed by atoms with Crippen LogP contribution in [0.15, 0.2) is 12.1 Å². The fraction of sp³-hybridized carbons (Fsp3) is 0.667. The smallest absolute Gasteiger partial charge is 0.0931 e. The van der Waals surface area contributed by atoms with Crippen molar-refractivity contribution < 1.29 is 0 Å². The lowest BCUT2D eigenvalue weighted by molar-refractivity contribution is 0.444. The molecule has 1 heterocycles. The Morgan fingerprint density at radius 1 is 1.27 bits per heavy atom. The number of nitrogens with one attached hydrogen (secondary N) is 1. The first-order valence-electron chi connectivity index (χ1n) is 5.74. The van der Waals surface area contributed by atoms with Crippen LogP contribution >= 0.6 is 22.9 Å². The van der Waals surface area contributed by atoms with Crippen molar-refractivity contribution in [3.63, 3.8) is 0 Å². The van der Waals surface area contributed by atoms with Crippen LogP contribution in [0.4, 0.5) is 0 Å².